The molecule has 7 nitrogen and oxygen atoms in total. The second kappa shape index (κ2) is 7.86. The SMILES string of the molecule is C[C@H]1CN(c2ccc(OC(F)(F)F)cc2)C(=O)c2c(CC(=O)c3cccnc3)cnn21. The Labute approximate surface area is 175 Å². The fourth-order valence-electron chi connectivity index (χ4n) is 3.50. The van der Waals surface area contributed by atoms with Crippen LogP contribution in [0, 0.1) is 0 Å². The minimum absolute atomic E-state index is 0.0221. The van der Waals surface area contributed by atoms with Gasteiger partial charge in [0, 0.05) is 42.2 Å². The molecule has 1 amide bonds. The monoisotopic (exact) mass is 430 g/mol. The number of anilines is 1. The molecule has 0 saturated heterocycles. The maximum absolute atomic E-state index is 13.2. The van der Waals surface area contributed by atoms with Crippen LogP contribution in [-0.4, -0.2) is 39.4 Å². The number of alkyl halides is 3. The minimum Gasteiger partial charge on any atom is -0.406 e. The molecule has 0 bridgehead atoms. The molecule has 0 radical (unpaired) electrons. The van der Waals surface area contributed by atoms with Crippen LogP contribution in [-0.2, 0) is 6.42 Å². The van der Waals surface area contributed by atoms with Gasteiger partial charge in [-0.3, -0.25) is 19.3 Å². The molecule has 2 aromatic heterocycles. The normalized spacial score (nSPS) is 16.2. The average Bonchev–Trinajstić information content (AvgIpc) is 3.15. The topological polar surface area (TPSA) is 77.3 Å². The van der Waals surface area contributed by atoms with Crippen molar-refractivity contribution < 1.29 is 27.5 Å². The highest BCUT2D eigenvalue weighted by Gasteiger charge is 2.34. The lowest BCUT2D eigenvalue weighted by Gasteiger charge is -2.32. The van der Waals surface area contributed by atoms with Gasteiger partial charge in [0.1, 0.15) is 11.4 Å². The van der Waals surface area contributed by atoms with E-state index >= 15 is 0 Å². The van der Waals surface area contributed by atoms with Gasteiger partial charge in [-0.05, 0) is 43.3 Å². The van der Waals surface area contributed by atoms with E-state index in [1.807, 2.05) is 6.92 Å². The molecular formula is C21H17F3N4O3. The molecule has 0 unspecified atom stereocenters. The fourth-order valence-corrected chi connectivity index (χ4v) is 3.50. The highest BCUT2D eigenvalue weighted by molar-refractivity contribution is 6.08. The number of carbonyl (C=O) groups excluding carboxylic acids is 2. The van der Waals surface area contributed by atoms with E-state index in [0.717, 1.165) is 12.1 Å². The molecule has 0 fully saturated rings. The lowest BCUT2D eigenvalue weighted by Crippen LogP contribution is -2.43. The van der Waals surface area contributed by atoms with Crippen LogP contribution in [0.1, 0.15) is 39.4 Å². The Morgan fingerprint density at radius 3 is 2.58 bits per heavy atom. The number of fused-ring (bicyclic) bond motifs is 1. The Hall–Kier alpha value is -3.69. The number of rotatable bonds is 5. The average molecular weight is 430 g/mol. The first kappa shape index (κ1) is 20.6. The number of hydrogen-bond donors (Lipinski definition) is 0. The lowest BCUT2D eigenvalue weighted by atomic mass is 10.0. The smallest absolute Gasteiger partial charge is 0.406 e. The van der Waals surface area contributed by atoms with Gasteiger partial charge in [0.05, 0.1) is 12.2 Å². The molecule has 3 heterocycles. The van der Waals surface area contributed by atoms with Crippen molar-refractivity contribution in [1.82, 2.24) is 14.8 Å². The van der Waals surface area contributed by atoms with Gasteiger partial charge in [0.2, 0.25) is 0 Å². The zero-order chi connectivity index (χ0) is 22.2. The summed E-state index contributed by atoms with van der Waals surface area (Å²) >= 11 is 0. The first-order valence-corrected chi connectivity index (χ1v) is 9.40. The number of benzene rings is 1. The number of aromatic nitrogens is 3. The van der Waals surface area contributed by atoms with Crippen molar-refractivity contribution in [3.63, 3.8) is 0 Å². The van der Waals surface area contributed by atoms with Gasteiger partial charge in [0.15, 0.2) is 5.78 Å². The number of ketones is 1. The zero-order valence-electron chi connectivity index (χ0n) is 16.3. The van der Waals surface area contributed by atoms with E-state index in [1.165, 1.54) is 29.4 Å². The van der Waals surface area contributed by atoms with Crippen molar-refractivity contribution in [1.29, 1.82) is 0 Å². The van der Waals surface area contributed by atoms with E-state index in [1.54, 1.807) is 23.0 Å². The van der Waals surface area contributed by atoms with Crippen molar-refractivity contribution in [3.8, 4) is 5.75 Å². The van der Waals surface area contributed by atoms with Gasteiger partial charge in [-0.25, -0.2) is 0 Å². The number of nitrogens with zero attached hydrogens (tertiary/aromatic N) is 4. The van der Waals surface area contributed by atoms with E-state index < -0.39 is 6.36 Å². The van der Waals surface area contributed by atoms with E-state index in [0.29, 0.717) is 16.8 Å². The van der Waals surface area contributed by atoms with Gasteiger partial charge in [0.25, 0.3) is 5.91 Å². The molecule has 0 N–H and O–H groups in total. The van der Waals surface area contributed by atoms with Crippen molar-refractivity contribution in [2.75, 3.05) is 11.4 Å². The minimum atomic E-state index is -4.79. The summed E-state index contributed by atoms with van der Waals surface area (Å²) in [6, 6.07) is 8.19. The van der Waals surface area contributed by atoms with E-state index in [9.17, 15) is 22.8 Å². The van der Waals surface area contributed by atoms with E-state index in [4.69, 9.17) is 0 Å². The largest absolute Gasteiger partial charge is 0.573 e. The highest BCUT2D eigenvalue weighted by atomic mass is 19.4. The third-order valence-electron chi connectivity index (χ3n) is 4.90. The van der Waals surface area contributed by atoms with Gasteiger partial charge in [-0.1, -0.05) is 0 Å². The Morgan fingerprint density at radius 2 is 1.94 bits per heavy atom. The number of ether oxygens (including phenoxy) is 1. The van der Waals surface area contributed by atoms with Gasteiger partial charge in [-0.2, -0.15) is 5.10 Å². The summed E-state index contributed by atoms with van der Waals surface area (Å²) in [4.78, 5) is 31.2. The number of halogens is 3. The molecular weight excluding hydrogens is 413 g/mol. The number of Topliss-reactive ketones (excluding diaryl/α,β-unsaturated/α-hetero) is 1. The molecule has 0 aliphatic carbocycles. The van der Waals surface area contributed by atoms with Crippen LogP contribution >= 0.6 is 0 Å². The number of hydrogen-bond acceptors (Lipinski definition) is 5. The summed E-state index contributed by atoms with van der Waals surface area (Å²) in [5.74, 6) is -0.953. The molecule has 1 aliphatic rings. The standard InChI is InChI=1S/C21H17F3N4O3/c1-13-12-27(16-4-6-17(7-5-16)31-21(22,23)24)20(30)19-15(11-26-28(13)19)9-18(29)14-3-2-8-25-10-14/h2-8,10-11,13H,9,12H2,1H3/t13-/m0/s1. The first-order chi connectivity index (χ1) is 14.7. The van der Waals surface area contributed by atoms with Crippen molar-refractivity contribution in [3.05, 3.63) is 71.8 Å². The fraction of sp³-hybridized carbons (Fsp3) is 0.238. The molecule has 4 rings (SSSR count). The lowest BCUT2D eigenvalue weighted by molar-refractivity contribution is -0.274. The molecule has 31 heavy (non-hydrogen) atoms. The van der Waals surface area contributed by atoms with Crippen LogP contribution in [0.25, 0.3) is 0 Å². The Balaban J connectivity index is 1.59. The van der Waals surface area contributed by atoms with Crippen LogP contribution in [0.5, 0.6) is 5.75 Å². The number of carbonyl (C=O) groups is 2. The molecule has 1 aliphatic heterocycles. The first-order valence-electron chi connectivity index (χ1n) is 9.40. The summed E-state index contributed by atoms with van der Waals surface area (Å²) in [5.41, 5.74) is 1.61. The van der Waals surface area contributed by atoms with Crippen molar-refractivity contribution >= 4 is 17.4 Å². The predicted molar refractivity (Wildman–Crippen MR) is 104 cm³/mol. The quantitative estimate of drug-likeness (QED) is 0.575. The maximum Gasteiger partial charge on any atom is 0.573 e. The molecule has 10 heteroatoms. The molecule has 0 saturated carbocycles. The van der Waals surface area contributed by atoms with E-state index in [2.05, 4.69) is 14.8 Å². The number of pyridine rings is 1. The van der Waals surface area contributed by atoms with Crippen LogP contribution in [0.2, 0.25) is 0 Å². The van der Waals surface area contributed by atoms with Gasteiger partial charge < -0.3 is 9.64 Å². The van der Waals surface area contributed by atoms with Crippen LogP contribution in [0.3, 0.4) is 0 Å². The second-order valence-electron chi connectivity index (χ2n) is 7.11. The highest BCUT2D eigenvalue weighted by Crippen LogP contribution is 2.30. The Morgan fingerprint density at radius 1 is 1.19 bits per heavy atom. The third kappa shape index (κ3) is 4.27. The van der Waals surface area contributed by atoms with Crippen molar-refractivity contribution in [2.45, 2.75) is 25.7 Å². The second-order valence-corrected chi connectivity index (χ2v) is 7.11. The predicted octanol–water partition coefficient (Wildman–Crippen LogP) is 3.82. The molecule has 1 aromatic carbocycles. The maximum atomic E-state index is 13.2. The zero-order valence-corrected chi connectivity index (χ0v) is 16.3. The summed E-state index contributed by atoms with van der Waals surface area (Å²) < 4.78 is 42.6. The Bertz CT molecular complexity index is 1110. The summed E-state index contributed by atoms with van der Waals surface area (Å²) in [6.45, 7) is 2.15. The third-order valence-corrected chi connectivity index (χ3v) is 4.90. The summed E-state index contributed by atoms with van der Waals surface area (Å²) in [7, 11) is 0. The molecule has 1 atom stereocenters. The van der Waals surface area contributed by atoms with Gasteiger partial charge >= 0.3 is 6.36 Å². The number of amides is 1. The van der Waals surface area contributed by atoms with Gasteiger partial charge in [-0.15, -0.1) is 13.2 Å². The molecule has 3 aromatic rings. The van der Waals surface area contributed by atoms with Crippen LogP contribution < -0.4 is 9.64 Å². The van der Waals surface area contributed by atoms with Crippen molar-refractivity contribution in [2.24, 2.45) is 0 Å². The summed E-state index contributed by atoms with van der Waals surface area (Å²) in [5, 5.41) is 4.27. The summed E-state index contributed by atoms with van der Waals surface area (Å²) in [6.07, 6.45) is -0.293. The molecule has 160 valence electrons. The van der Waals surface area contributed by atoms with E-state index in [-0.39, 0.29) is 42.1 Å². The van der Waals surface area contributed by atoms with Crippen LogP contribution in [0.4, 0.5) is 18.9 Å². The Kier molecular flexibility index (Phi) is 5.22. The van der Waals surface area contributed by atoms with Crippen LogP contribution in [0.15, 0.2) is 55.0 Å². The molecule has 0 spiro atoms.